The summed E-state index contributed by atoms with van der Waals surface area (Å²) in [5, 5.41) is 2.91. The maximum absolute atomic E-state index is 13.3. The van der Waals surface area contributed by atoms with Crippen molar-refractivity contribution in [2.24, 2.45) is 0 Å². The zero-order chi connectivity index (χ0) is 21.6. The van der Waals surface area contributed by atoms with Gasteiger partial charge >= 0.3 is 0 Å². The Kier molecular flexibility index (Phi) is 6.40. The standard InChI is InChI=1S/C24H24FN3O3/c25-20-10-12-28(13-11-20)24(30)21-16-31-23(27-21)19-8-6-18(7-9-19)15-26-22(29)14-17-4-2-1-3-5-17/h1-9,16,20H,10-15H2,(H,26,29). The van der Waals surface area contributed by atoms with E-state index in [4.69, 9.17) is 4.42 Å². The minimum atomic E-state index is -0.835. The molecule has 2 heterocycles. The molecule has 0 spiro atoms. The molecule has 2 amide bonds. The first-order valence-corrected chi connectivity index (χ1v) is 10.4. The lowest BCUT2D eigenvalue weighted by molar-refractivity contribution is -0.120. The lowest BCUT2D eigenvalue weighted by Gasteiger charge is -2.27. The van der Waals surface area contributed by atoms with Crippen LogP contribution in [0.2, 0.25) is 0 Å². The third-order valence-corrected chi connectivity index (χ3v) is 5.33. The molecule has 0 aliphatic carbocycles. The largest absolute Gasteiger partial charge is 0.444 e. The molecule has 1 N–H and O–H groups in total. The van der Waals surface area contributed by atoms with Crippen LogP contribution in [0, 0.1) is 0 Å². The van der Waals surface area contributed by atoms with Gasteiger partial charge in [-0.2, -0.15) is 0 Å². The fourth-order valence-corrected chi connectivity index (χ4v) is 3.53. The maximum atomic E-state index is 13.3. The fraction of sp³-hybridized carbons (Fsp3) is 0.292. The predicted octanol–water partition coefficient (Wildman–Crippen LogP) is 3.77. The quantitative estimate of drug-likeness (QED) is 0.657. The van der Waals surface area contributed by atoms with E-state index in [9.17, 15) is 14.0 Å². The van der Waals surface area contributed by atoms with Gasteiger partial charge in [-0.1, -0.05) is 42.5 Å². The van der Waals surface area contributed by atoms with Gasteiger partial charge in [0.25, 0.3) is 5.91 Å². The topological polar surface area (TPSA) is 75.4 Å². The molecule has 1 saturated heterocycles. The van der Waals surface area contributed by atoms with E-state index >= 15 is 0 Å². The highest BCUT2D eigenvalue weighted by Gasteiger charge is 2.25. The average Bonchev–Trinajstić information content (AvgIpc) is 3.29. The van der Waals surface area contributed by atoms with E-state index in [0.717, 1.165) is 16.7 Å². The monoisotopic (exact) mass is 421 g/mol. The minimum Gasteiger partial charge on any atom is -0.444 e. The van der Waals surface area contributed by atoms with Gasteiger partial charge in [-0.3, -0.25) is 9.59 Å². The van der Waals surface area contributed by atoms with Crippen LogP contribution < -0.4 is 5.32 Å². The number of benzene rings is 2. The van der Waals surface area contributed by atoms with E-state index in [0.29, 0.717) is 44.8 Å². The summed E-state index contributed by atoms with van der Waals surface area (Å²) >= 11 is 0. The lowest BCUT2D eigenvalue weighted by Crippen LogP contribution is -2.39. The van der Waals surface area contributed by atoms with Crippen LogP contribution in [0.4, 0.5) is 4.39 Å². The first kappa shape index (κ1) is 20.8. The third-order valence-electron chi connectivity index (χ3n) is 5.33. The molecular weight excluding hydrogens is 397 g/mol. The smallest absolute Gasteiger partial charge is 0.275 e. The summed E-state index contributed by atoms with van der Waals surface area (Å²) in [6, 6.07) is 17.0. The minimum absolute atomic E-state index is 0.0390. The summed E-state index contributed by atoms with van der Waals surface area (Å²) in [6.07, 6.45) is 1.57. The van der Waals surface area contributed by atoms with E-state index < -0.39 is 6.17 Å². The molecule has 0 unspecified atom stereocenters. The van der Waals surface area contributed by atoms with Crippen molar-refractivity contribution in [2.45, 2.75) is 32.0 Å². The van der Waals surface area contributed by atoms with Crippen molar-refractivity contribution >= 4 is 11.8 Å². The summed E-state index contributed by atoms with van der Waals surface area (Å²) in [6.45, 7) is 1.21. The lowest BCUT2D eigenvalue weighted by atomic mass is 10.1. The number of rotatable bonds is 6. The van der Waals surface area contributed by atoms with E-state index in [1.165, 1.54) is 6.26 Å². The second-order valence-electron chi connectivity index (χ2n) is 7.64. The van der Waals surface area contributed by atoms with Gasteiger partial charge < -0.3 is 14.6 Å². The Morgan fingerprint density at radius 1 is 1.03 bits per heavy atom. The SMILES string of the molecule is O=C(Cc1ccccc1)NCc1ccc(-c2nc(C(=O)N3CCC(F)CC3)co2)cc1. The summed E-state index contributed by atoms with van der Waals surface area (Å²) in [5.41, 5.74) is 2.88. The molecule has 1 fully saturated rings. The van der Waals surface area contributed by atoms with Gasteiger partial charge in [0.05, 0.1) is 6.42 Å². The maximum Gasteiger partial charge on any atom is 0.275 e. The highest BCUT2D eigenvalue weighted by atomic mass is 19.1. The van der Waals surface area contributed by atoms with Crippen molar-refractivity contribution in [1.29, 1.82) is 0 Å². The van der Waals surface area contributed by atoms with Gasteiger partial charge in [-0.05, 0) is 36.1 Å². The van der Waals surface area contributed by atoms with Crippen LogP contribution >= 0.6 is 0 Å². The molecule has 1 aliphatic rings. The summed E-state index contributed by atoms with van der Waals surface area (Å²) in [7, 11) is 0. The number of carbonyl (C=O) groups excluding carboxylic acids is 2. The molecule has 7 heteroatoms. The number of carbonyl (C=O) groups is 2. The Balaban J connectivity index is 1.32. The Morgan fingerprint density at radius 3 is 2.45 bits per heavy atom. The van der Waals surface area contributed by atoms with Gasteiger partial charge in [0, 0.05) is 25.2 Å². The van der Waals surface area contributed by atoms with Crippen LogP contribution in [0.25, 0.3) is 11.5 Å². The molecular formula is C24H24FN3O3. The van der Waals surface area contributed by atoms with Crippen LogP contribution in [-0.4, -0.2) is 41.0 Å². The summed E-state index contributed by atoms with van der Waals surface area (Å²) < 4.78 is 18.8. The Labute approximate surface area is 180 Å². The first-order chi connectivity index (χ1) is 15.1. The second-order valence-corrected chi connectivity index (χ2v) is 7.64. The summed E-state index contributed by atoms with van der Waals surface area (Å²) in [4.78, 5) is 30.5. The van der Waals surface area contributed by atoms with Gasteiger partial charge in [0.15, 0.2) is 5.69 Å². The van der Waals surface area contributed by atoms with Crippen LogP contribution in [0.5, 0.6) is 0 Å². The molecule has 0 saturated carbocycles. The molecule has 4 rings (SSSR count). The number of alkyl halides is 1. The number of piperidine rings is 1. The van der Waals surface area contributed by atoms with Gasteiger partial charge in [0.1, 0.15) is 12.4 Å². The number of likely N-dealkylation sites (tertiary alicyclic amines) is 1. The highest BCUT2D eigenvalue weighted by molar-refractivity contribution is 5.92. The Morgan fingerprint density at radius 2 is 1.74 bits per heavy atom. The van der Waals surface area contributed by atoms with E-state index in [1.807, 2.05) is 54.6 Å². The van der Waals surface area contributed by atoms with E-state index in [2.05, 4.69) is 10.3 Å². The zero-order valence-electron chi connectivity index (χ0n) is 17.1. The van der Waals surface area contributed by atoms with Gasteiger partial charge in [-0.25, -0.2) is 9.37 Å². The average molecular weight is 421 g/mol. The zero-order valence-corrected chi connectivity index (χ0v) is 17.1. The van der Waals surface area contributed by atoms with Crippen LogP contribution in [0.3, 0.4) is 0 Å². The van der Waals surface area contributed by atoms with Crippen molar-refractivity contribution in [1.82, 2.24) is 15.2 Å². The fourth-order valence-electron chi connectivity index (χ4n) is 3.53. The predicted molar refractivity (Wildman–Crippen MR) is 114 cm³/mol. The molecule has 1 aliphatic heterocycles. The van der Waals surface area contributed by atoms with Crippen LogP contribution in [-0.2, 0) is 17.8 Å². The van der Waals surface area contributed by atoms with Crippen molar-refractivity contribution in [3.63, 3.8) is 0 Å². The number of nitrogens with one attached hydrogen (secondary N) is 1. The van der Waals surface area contributed by atoms with Crippen molar-refractivity contribution in [3.8, 4) is 11.5 Å². The number of hydrogen-bond acceptors (Lipinski definition) is 4. The molecule has 6 nitrogen and oxygen atoms in total. The number of nitrogens with zero attached hydrogens (tertiary/aromatic N) is 2. The Hall–Kier alpha value is -3.48. The van der Waals surface area contributed by atoms with E-state index in [1.54, 1.807) is 4.90 Å². The van der Waals surface area contributed by atoms with Gasteiger partial charge in [0.2, 0.25) is 11.8 Å². The van der Waals surface area contributed by atoms with E-state index in [-0.39, 0.29) is 17.5 Å². The van der Waals surface area contributed by atoms with Crippen molar-refractivity contribution < 1.29 is 18.4 Å². The normalized spacial score (nSPS) is 14.4. The second kappa shape index (κ2) is 9.55. The first-order valence-electron chi connectivity index (χ1n) is 10.4. The number of amides is 2. The number of aromatic nitrogens is 1. The molecule has 1 aromatic heterocycles. The number of hydrogen-bond donors (Lipinski definition) is 1. The number of halogens is 1. The molecule has 31 heavy (non-hydrogen) atoms. The van der Waals surface area contributed by atoms with Crippen LogP contribution in [0.15, 0.2) is 65.3 Å². The number of oxazole rings is 1. The van der Waals surface area contributed by atoms with Crippen molar-refractivity contribution in [2.75, 3.05) is 13.1 Å². The molecule has 0 atom stereocenters. The van der Waals surface area contributed by atoms with Gasteiger partial charge in [-0.15, -0.1) is 0 Å². The third kappa shape index (κ3) is 5.36. The highest BCUT2D eigenvalue weighted by Crippen LogP contribution is 2.21. The molecule has 0 bridgehead atoms. The molecule has 0 radical (unpaired) electrons. The Bertz CT molecular complexity index is 1030. The van der Waals surface area contributed by atoms with Crippen molar-refractivity contribution in [3.05, 3.63) is 77.7 Å². The van der Waals surface area contributed by atoms with Crippen LogP contribution in [0.1, 0.15) is 34.5 Å². The summed E-state index contributed by atoms with van der Waals surface area (Å²) in [5.74, 6) is 0.0750. The molecule has 3 aromatic rings. The molecule has 160 valence electrons. The molecule has 2 aromatic carbocycles.